The molecule has 0 aliphatic carbocycles. The maximum Gasteiger partial charge on any atom is 0.185 e. The van der Waals surface area contributed by atoms with Gasteiger partial charge in [-0.3, -0.25) is 4.79 Å². The Kier molecular flexibility index (Phi) is 4.18. The van der Waals surface area contributed by atoms with Crippen LogP contribution < -0.4 is 0 Å². The van der Waals surface area contributed by atoms with Crippen molar-refractivity contribution in [2.75, 3.05) is 0 Å². The summed E-state index contributed by atoms with van der Waals surface area (Å²) in [5.74, 6) is 0.00866. The smallest absolute Gasteiger partial charge is 0.185 e. The molecule has 2 aromatic rings. The maximum absolute atomic E-state index is 12.0. The van der Waals surface area contributed by atoms with Crippen LogP contribution in [0.2, 0.25) is 5.02 Å². The van der Waals surface area contributed by atoms with Gasteiger partial charge in [0.1, 0.15) is 0 Å². The third kappa shape index (κ3) is 3.55. The van der Waals surface area contributed by atoms with Crippen LogP contribution in [0.15, 0.2) is 48.5 Å². The van der Waals surface area contributed by atoms with Gasteiger partial charge < -0.3 is 0 Å². The molecule has 0 saturated heterocycles. The highest BCUT2D eigenvalue weighted by Gasteiger charge is 2.01. The van der Waals surface area contributed by atoms with Crippen molar-refractivity contribution in [2.24, 2.45) is 0 Å². The highest BCUT2D eigenvalue weighted by molar-refractivity contribution is 6.30. The quantitative estimate of drug-likeness (QED) is 0.575. The zero-order valence-electron chi connectivity index (χ0n) is 11.0. The van der Waals surface area contributed by atoms with E-state index >= 15 is 0 Å². The van der Waals surface area contributed by atoms with Gasteiger partial charge in [0, 0.05) is 10.6 Å². The normalized spacial score (nSPS) is 10.9. The molecule has 19 heavy (non-hydrogen) atoms. The summed E-state index contributed by atoms with van der Waals surface area (Å²) in [6, 6.07) is 13.2. The second kappa shape index (κ2) is 5.85. The van der Waals surface area contributed by atoms with Gasteiger partial charge in [0.25, 0.3) is 0 Å². The molecule has 2 rings (SSSR count). The molecule has 0 fully saturated rings. The van der Waals surface area contributed by atoms with Gasteiger partial charge in [-0.05, 0) is 43.2 Å². The lowest BCUT2D eigenvalue weighted by Crippen LogP contribution is -1.93. The number of carbonyl (C=O) groups excluding carboxylic acids is 1. The van der Waals surface area contributed by atoms with E-state index in [0.29, 0.717) is 10.6 Å². The molecule has 0 atom stereocenters. The number of rotatable bonds is 3. The van der Waals surface area contributed by atoms with Crippen molar-refractivity contribution in [3.63, 3.8) is 0 Å². The van der Waals surface area contributed by atoms with Crippen LogP contribution in [0.4, 0.5) is 0 Å². The molecule has 0 spiro atoms. The van der Waals surface area contributed by atoms with Gasteiger partial charge in [-0.15, -0.1) is 0 Å². The van der Waals surface area contributed by atoms with Crippen LogP contribution in [-0.4, -0.2) is 5.78 Å². The standard InChI is InChI=1S/C17H15ClO/c1-12-3-5-15(6-4-12)17(19)10-8-14-7-9-16(18)11-13(14)2/h3-11H,1-2H3/b10-8+. The minimum atomic E-state index is 0.00866. The lowest BCUT2D eigenvalue weighted by atomic mass is 10.1. The Hall–Kier alpha value is -1.86. The van der Waals surface area contributed by atoms with E-state index in [0.717, 1.165) is 16.7 Å². The molecule has 0 amide bonds. The summed E-state index contributed by atoms with van der Waals surface area (Å²) in [5, 5.41) is 0.708. The molecule has 1 nitrogen and oxygen atoms in total. The number of ketones is 1. The third-order valence-corrected chi connectivity index (χ3v) is 3.22. The van der Waals surface area contributed by atoms with E-state index in [1.54, 1.807) is 6.08 Å². The van der Waals surface area contributed by atoms with Crippen molar-refractivity contribution >= 4 is 23.5 Å². The Balaban J connectivity index is 2.18. The molecule has 2 heteroatoms. The summed E-state index contributed by atoms with van der Waals surface area (Å²) < 4.78 is 0. The van der Waals surface area contributed by atoms with E-state index < -0.39 is 0 Å². The van der Waals surface area contributed by atoms with Gasteiger partial charge >= 0.3 is 0 Å². The van der Waals surface area contributed by atoms with Crippen LogP contribution in [0.5, 0.6) is 0 Å². The van der Waals surface area contributed by atoms with E-state index in [4.69, 9.17) is 11.6 Å². The van der Waals surface area contributed by atoms with Crippen molar-refractivity contribution in [1.29, 1.82) is 0 Å². The first-order chi connectivity index (χ1) is 9.06. The molecule has 0 heterocycles. The average Bonchev–Trinajstić information content (AvgIpc) is 2.38. The SMILES string of the molecule is Cc1ccc(C(=O)/C=C/c2ccc(Cl)cc2C)cc1. The molecule has 0 radical (unpaired) electrons. The van der Waals surface area contributed by atoms with Gasteiger partial charge in [-0.2, -0.15) is 0 Å². The van der Waals surface area contributed by atoms with Crippen LogP contribution in [0.1, 0.15) is 27.0 Å². The van der Waals surface area contributed by atoms with Crippen LogP contribution >= 0.6 is 11.6 Å². The second-order valence-corrected chi connectivity index (χ2v) is 5.00. The molecular formula is C17H15ClO. The Morgan fingerprint density at radius 3 is 2.37 bits per heavy atom. The topological polar surface area (TPSA) is 17.1 Å². The predicted molar refractivity (Wildman–Crippen MR) is 80.7 cm³/mol. The number of hydrogen-bond donors (Lipinski definition) is 0. The van der Waals surface area contributed by atoms with Gasteiger partial charge in [0.05, 0.1) is 0 Å². The van der Waals surface area contributed by atoms with Crippen molar-refractivity contribution < 1.29 is 4.79 Å². The van der Waals surface area contributed by atoms with Crippen molar-refractivity contribution in [1.82, 2.24) is 0 Å². The van der Waals surface area contributed by atoms with Crippen LogP contribution in [0.25, 0.3) is 6.08 Å². The Labute approximate surface area is 118 Å². The Morgan fingerprint density at radius 2 is 1.74 bits per heavy atom. The van der Waals surface area contributed by atoms with E-state index in [2.05, 4.69) is 0 Å². The lowest BCUT2D eigenvalue weighted by Gasteiger charge is -2.01. The molecule has 0 aliphatic rings. The fourth-order valence-corrected chi connectivity index (χ4v) is 2.03. The molecule has 0 bridgehead atoms. The summed E-state index contributed by atoms with van der Waals surface area (Å²) in [5.41, 5.74) is 3.91. The van der Waals surface area contributed by atoms with Gasteiger partial charge in [-0.25, -0.2) is 0 Å². The van der Waals surface area contributed by atoms with Gasteiger partial charge in [0.15, 0.2) is 5.78 Å². The highest BCUT2D eigenvalue weighted by atomic mass is 35.5. The molecule has 0 N–H and O–H groups in total. The van der Waals surface area contributed by atoms with Crippen molar-refractivity contribution in [3.8, 4) is 0 Å². The van der Waals surface area contributed by atoms with E-state index in [9.17, 15) is 4.79 Å². The molecule has 2 aromatic carbocycles. The van der Waals surface area contributed by atoms with Crippen LogP contribution in [0.3, 0.4) is 0 Å². The average molecular weight is 271 g/mol. The Bertz CT molecular complexity index is 624. The number of halogens is 1. The zero-order chi connectivity index (χ0) is 13.8. The van der Waals surface area contributed by atoms with E-state index in [1.807, 2.05) is 62.4 Å². The first kappa shape index (κ1) is 13.6. The molecule has 0 aromatic heterocycles. The number of benzene rings is 2. The van der Waals surface area contributed by atoms with Crippen LogP contribution in [0, 0.1) is 13.8 Å². The molecular weight excluding hydrogens is 256 g/mol. The Morgan fingerprint density at radius 1 is 1.05 bits per heavy atom. The summed E-state index contributed by atoms with van der Waals surface area (Å²) in [6.07, 6.45) is 3.43. The molecule has 96 valence electrons. The summed E-state index contributed by atoms with van der Waals surface area (Å²) in [4.78, 5) is 12.0. The number of hydrogen-bond acceptors (Lipinski definition) is 1. The van der Waals surface area contributed by atoms with Crippen molar-refractivity contribution in [2.45, 2.75) is 13.8 Å². The number of allylic oxidation sites excluding steroid dienone is 1. The largest absolute Gasteiger partial charge is 0.289 e. The lowest BCUT2D eigenvalue weighted by molar-refractivity contribution is 0.104. The summed E-state index contributed by atoms with van der Waals surface area (Å²) >= 11 is 5.90. The van der Waals surface area contributed by atoms with E-state index in [-0.39, 0.29) is 5.78 Å². The number of carbonyl (C=O) groups is 1. The first-order valence-corrected chi connectivity index (χ1v) is 6.49. The zero-order valence-corrected chi connectivity index (χ0v) is 11.7. The molecule has 0 unspecified atom stereocenters. The summed E-state index contributed by atoms with van der Waals surface area (Å²) in [6.45, 7) is 3.98. The van der Waals surface area contributed by atoms with Crippen molar-refractivity contribution in [3.05, 3.63) is 75.8 Å². The van der Waals surface area contributed by atoms with Gasteiger partial charge in [0.2, 0.25) is 0 Å². The predicted octanol–water partition coefficient (Wildman–Crippen LogP) is 4.85. The fourth-order valence-electron chi connectivity index (χ4n) is 1.81. The van der Waals surface area contributed by atoms with E-state index in [1.165, 1.54) is 0 Å². The van der Waals surface area contributed by atoms with Gasteiger partial charge in [-0.1, -0.05) is 53.6 Å². The van der Waals surface area contributed by atoms with Crippen LogP contribution in [-0.2, 0) is 0 Å². The monoisotopic (exact) mass is 270 g/mol. The highest BCUT2D eigenvalue weighted by Crippen LogP contribution is 2.16. The minimum absolute atomic E-state index is 0.00866. The first-order valence-electron chi connectivity index (χ1n) is 6.11. The molecule has 0 saturated carbocycles. The summed E-state index contributed by atoms with van der Waals surface area (Å²) in [7, 11) is 0. The molecule has 0 aliphatic heterocycles. The second-order valence-electron chi connectivity index (χ2n) is 4.56. The number of aryl methyl sites for hydroxylation is 2. The maximum atomic E-state index is 12.0. The third-order valence-electron chi connectivity index (χ3n) is 2.98. The fraction of sp³-hybridized carbons (Fsp3) is 0.118. The minimum Gasteiger partial charge on any atom is -0.289 e.